The molecule has 0 unspecified atom stereocenters. The van der Waals surface area contributed by atoms with E-state index in [9.17, 15) is 9.59 Å². The number of amides is 2. The third-order valence-corrected chi connectivity index (χ3v) is 3.79. The van der Waals surface area contributed by atoms with Crippen LogP contribution in [0.1, 0.15) is 35.7 Å². The number of carbonyl (C=O) groups excluding carboxylic acids is 2. The van der Waals surface area contributed by atoms with Gasteiger partial charge in [0, 0.05) is 44.0 Å². The van der Waals surface area contributed by atoms with Crippen LogP contribution in [0.15, 0.2) is 48.5 Å². The van der Waals surface area contributed by atoms with Crippen molar-refractivity contribution in [2.24, 2.45) is 0 Å². The average Bonchev–Trinajstić information content (AvgIpc) is 2.60. The Bertz CT molecular complexity index is 724. The normalized spacial score (nSPS) is 10.2. The van der Waals surface area contributed by atoms with Crippen molar-refractivity contribution < 1.29 is 9.59 Å². The van der Waals surface area contributed by atoms with Crippen LogP contribution in [0.2, 0.25) is 0 Å². The molecule has 0 radical (unpaired) electrons. The molecule has 132 valence electrons. The molecule has 0 bridgehead atoms. The third-order valence-electron chi connectivity index (χ3n) is 3.79. The van der Waals surface area contributed by atoms with Gasteiger partial charge < -0.3 is 15.5 Å². The predicted molar refractivity (Wildman–Crippen MR) is 102 cm³/mol. The van der Waals surface area contributed by atoms with Gasteiger partial charge in [-0.25, -0.2) is 0 Å². The summed E-state index contributed by atoms with van der Waals surface area (Å²) in [6.45, 7) is 2.38. The first-order valence-corrected chi connectivity index (χ1v) is 8.44. The molecule has 5 nitrogen and oxygen atoms in total. The number of hydrogen-bond acceptors (Lipinski definition) is 3. The predicted octanol–water partition coefficient (Wildman–Crippen LogP) is 3.42. The summed E-state index contributed by atoms with van der Waals surface area (Å²) < 4.78 is 0. The van der Waals surface area contributed by atoms with Crippen LogP contribution in [0.5, 0.6) is 0 Å². The zero-order valence-electron chi connectivity index (χ0n) is 15.0. The summed E-state index contributed by atoms with van der Waals surface area (Å²) in [6, 6.07) is 15.0. The van der Waals surface area contributed by atoms with Gasteiger partial charge in [0.25, 0.3) is 5.91 Å². The average molecular weight is 339 g/mol. The molecular weight excluding hydrogens is 314 g/mol. The topological polar surface area (TPSA) is 61.4 Å². The maximum atomic E-state index is 12.3. The molecule has 2 aromatic rings. The molecule has 0 aromatic heterocycles. The van der Waals surface area contributed by atoms with E-state index in [1.54, 1.807) is 0 Å². The molecule has 2 amide bonds. The number of rotatable bonds is 7. The molecule has 25 heavy (non-hydrogen) atoms. The Hall–Kier alpha value is -2.82. The van der Waals surface area contributed by atoms with Crippen molar-refractivity contribution in [1.82, 2.24) is 5.32 Å². The Morgan fingerprint density at radius 2 is 1.76 bits per heavy atom. The fraction of sp³-hybridized carbons (Fsp3) is 0.300. The molecule has 0 heterocycles. The Kier molecular flexibility index (Phi) is 6.57. The first-order valence-electron chi connectivity index (χ1n) is 8.44. The number of nitrogens with one attached hydrogen (secondary N) is 2. The standard InChI is InChI=1S/C20H25N3O2/c1-4-6-19(24)22-17-8-5-7-15(13-17)14-21-20(25)16-9-11-18(12-10-16)23(2)3/h5,7-13H,4,6,14H2,1-3H3,(H,21,25)(H,22,24). The van der Waals surface area contributed by atoms with Gasteiger partial charge in [0.15, 0.2) is 0 Å². The van der Waals surface area contributed by atoms with Gasteiger partial charge in [-0.2, -0.15) is 0 Å². The third kappa shape index (κ3) is 5.64. The monoisotopic (exact) mass is 339 g/mol. The highest BCUT2D eigenvalue weighted by atomic mass is 16.2. The molecule has 2 aromatic carbocycles. The summed E-state index contributed by atoms with van der Waals surface area (Å²) in [5, 5.41) is 5.77. The van der Waals surface area contributed by atoms with E-state index in [1.807, 2.05) is 74.4 Å². The van der Waals surface area contributed by atoms with E-state index in [0.717, 1.165) is 23.4 Å². The second kappa shape index (κ2) is 8.87. The van der Waals surface area contributed by atoms with Crippen LogP contribution in [0, 0.1) is 0 Å². The summed E-state index contributed by atoms with van der Waals surface area (Å²) >= 11 is 0. The molecule has 0 aliphatic rings. The number of carbonyl (C=O) groups is 2. The lowest BCUT2D eigenvalue weighted by atomic mass is 10.1. The number of benzene rings is 2. The quantitative estimate of drug-likeness (QED) is 0.812. The van der Waals surface area contributed by atoms with Gasteiger partial charge in [-0.15, -0.1) is 0 Å². The van der Waals surface area contributed by atoms with Crippen molar-refractivity contribution in [2.45, 2.75) is 26.3 Å². The molecule has 2 N–H and O–H groups in total. The van der Waals surface area contributed by atoms with E-state index in [2.05, 4.69) is 10.6 Å². The molecule has 0 fully saturated rings. The second-order valence-electron chi connectivity index (χ2n) is 6.12. The summed E-state index contributed by atoms with van der Waals surface area (Å²) in [6.07, 6.45) is 1.32. The number of hydrogen-bond donors (Lipinski definition) is 2. The summed E-state index contributed by atoms with van der Waals surface area (Å²) in [4.78, 5) is 25.9. The molecule has 0 spiro atoms. The molecule has 2 rings (SSSR count). The molecule has 0 saturated heterocycles. The van der Waals surface area contributed by atoms with Crippen LogP contribution in [0.25, 0.3) is 0 Å². The molecule has 5 heteroatoms. The van der Waals surface area contributed by atoms with Crippen molar-refractivity contribution in [3.8, 4) is 0 Å². The number of anilines is 2. The van der Waals surface area contributed by atoms with Crippen molar-refractivity contribution in [2.75, 3.05) is 24.3 Å². The smallest absolute Gasteiger partial charge is 0.251 e. The zero-order valence-corrected chi connectivity index (χ0v) is 15.0. The second-order valence-corrected chi connectivity index (χ2v) is 6.12. The van der Waals surface area contributed by atoms with Gasteiger partial charge in [0.1, 0.15) is 0 Å². The van der Waals surface area contributed by atoms with Crippen LogP contribution >= 0.6 is 0 Å². The fourth-order valence-electron chi connectivity index (χ4n) is 2.40. The van der Waals surface area contributed by atoms with Crippen LogP contribution in [0.3, 0.4) is 0 Å². The van der Waals surface area contributed by atoms with Crippen LogP contribution in [0.4, 0.5) is 11.4 Å². The van der Waals surface area contributed by atoms with Gasteiger partial charge in [0.2, 0.25) is 5.91 Å². The lowest BCUT2D eigenvalue weighted by molar-refractivity contribution is -0.116. The minimum Gasteiger partial charge on any atom is -0.378 e. The van der Waals surface area contributed by atoms with Gasteiger partial charge in [-0.1, -0.05) is 19.1 Å². The highest BCUT2D eigenvalue weighted by Gasteiger charge is 2.07. The minimum atomic E-state index is -0.120. The Labute approximate surface area is 149 Å². The zero-order chi connectivity index (χ0) is 18.2. The van der Waals surface area contributed by atoms with E-state index in [4.69, 9.17) is 0 Å². The van der Waals surface area contributed by atoms with Gasteiger partial charge in [0.05, 0.1) is 0 Å². The molecular formula is C20H25N3O2. The van der Waals surface area contributed by atoms with Crippen molar-refractivity contribution in [3.05, 3.63) is 59.7 Å². The van der Waals surface area contributed by atoms with Crippen molar-refractivity contribution in [3.63, 3.8) is 0 Å². The first-order chi connectivity index (χ1) is 12.0. The van der Waals surface area contributed by atoms with Crippen LogP contribution in [-0.4, -0.2) is 25.9 Å². The van der Waals surface area contributed by atoms with Gasteiger partial charge in [-0.3, -0.25) is 9.59 Å². The summed E-state index contributed by atoms with van der Waals surface area (Å²) in [5.41, 5.74) is 3.36. The molecule has 0 aliphatic heterocycles. The van der Waals surface area contributed by atoms with Gasteiger partial charge >= 0.3 is 0 Å². The minimum absolute atomic E-state index is 0.00432. The molecule has 0 atom stereocenters. The Balaban J connectivity index is 1.94. The highest BCUT2D eigenvalue weighted by Crippen LogP contribution is 2.13. The van der Waals surface area contributed by atoms with E-state index >= 15 is 0 Å². The maximum absolute atomic E-state index is 12.3. The van der Waals surface area contributed by atoms with E-state index < -0.39 is 0 Å². The van der Waals surface area contributed by atoms with Crippen molar-refractivity contribution in [1.29, 1.82) is 0 Å². The van der Waals surface area contributed by atoms with E-state index in [0.29, 0.717) is 18.5 Å². The summed E-state index contributed by atoms with van der Waals surface area (Å²) in [5.74, 6) is -0.115. The van der Waals surface area contributed by atoms with Gasteiger partial charge in [-0.05, 0) is 48.4 Å². The maximum Gasteiger partial charge on any atom is 0.251 e. The van der Waals surface area contributed by atoms with Crippen LogP contribution < -0.4 is 15.5 Å². The molecule has 0 aliphatic carbocycles. The lowest BCUT2D eigenvalue weighted by Gasteiger charge is -2.13. The van der Waals surface area contributed by atoms with Crippen molar-refractivity contribution >= 4 is 23.2 Å². The Morgan fingerprint density at radius 3 is 2.40 bits per heavy atom. The number of nitrogens with zero attached hydrogens (tertiary/aromatic N) is 1. The fourth-order valence-corrected chi connectivity index (χ4v) is 2.40. The summed E-state index contributed by atoms with van der Waals surface area (Å²) in [7, 11) is 3.92. The van der Waals surface area contributed by atoms with E-state index in [-0.39, 0.29) is 11.8 Å². The van der Waals surface area contributed by atoms with E-state index in [1.165, 1.54) is 0 Å². The molecule has 0 saturated carbocycles. The van der Waals surface area contributed by atoms with Crippen LogP contribution in [-0.2, 0) is 11.3 Å². The SMILES string of the molecule is CCCC(=O)Nc1cccc(CNC(=O)c2ccc(N(C)C)cc2)c1. The first kappa shape index (κ1) is 18.5. The highest BCUT2D eigenvalue weighted by molar-refractivity contribution is 5.94. The Morgan fingerprint density at radius 1 is 1.04 bits per heavy atom. The largest absolute Gasteiger partial charge is 0.378 e. The lowest BCUT2D eigenvalue weighted by Crippen LogP contribution is -2.23.